The Morgan fingerprint density at radius 1 is 1.37 bits per heavy atom. The lowest BCUT2D eigenvalue weighted by Crippen LogP contribution is -2.11. The number of carbonyl (C=O) groups is 1. The molecule has 0 saturated heterocycles. The lowest BCUT2D eigenvalue weighted by molar-refractivity contribution is -0.380. The summed E-state index contributed by atoms with van der Waals surface area (Å²) in [5.74, 6) is -0.348. The van der Waals surface area contributed by atoms with Gasteiger partial charge in [0.2, 0.25) is 0 Å². The fourth-order valence-electron chi connectivity index (χ4n) is 1.47. The zero-order valence-electron chi connectivity index (χ0n) is 9.84. The number of benzene rings is 1. The van der Waals surface area contributed by atoms with Crippen molar-refractivity contribution in [1.29, 1.82) is 0 Å². The molecule has 0 bridgehead atoms. The monoisotopic (exact) mass is 340 g/mol. The van der Waals surface area contributed by atoms with Gasteiger partial charge in [-0.1, -0.05) is 33.3 Å². The fourth-order valence-corrected chi connectivity index (χ4v) is 2.56. The van der Waals surface area contributed by atoms with Gasteiger partial charge in [-0.3, -0.25) is 14.9 Å². The molecule has 2 rings (SSSR count). The van der Waals surface area contributed by atoms with E-state index in [0.29, 0.717) is 10.6 Å². The molecule has 1 heterocycles. The number of hydrogen-bond acceptors (Lipinski definition) is 4. The average Bonchev–Trinajstić information content (AvgIpc) is 2.84. The van der Waals surface area contributed by atoms with Crippen LogP contribution in [-0.2, 0) is 0 Å². The second-order valence-corrected chi connectivity index (χ2v) is 5.68. The molecule has 0 fully saturated rings. The maximum atomic E-state index is 12.0. The number of rotatable bonds is 3. The molecule has 7 heteroatoms. The van der Waals surface area contributed by atoms with E-state index in [4.69, 9.17) is 0 Å². The van der Waals surface area contributed by atoms with E-state index in [-0.39, 0.29) is 10.9 Å². The highest BCUT2D eigenvalue weighted by Crippen LogP contribution is 2.27. The van der Waals surface area contributed by atoms with E-state index in [9.17, 15) is 14.9 Å². The summed E-state index contributed by atoms with van der Waals surface area (Å²) < 4.78 is 0.891. The second-order valence-electron chi connectivity index (χ2n) is 3.76. The van der Waals surface area contributed by atoms with E-state index in [1.165, 1.54) is 12.1 Å². The summed E-state index contributed by atoms with van der Waals surface area (Å²) >= 11 is 4.23. The lowest BCUT2D eigenvalue weighted by Gasteiger charge is -2.08. The van der Waals surface area contributed by atoms with Crippen LogP contribution in [0.5, 0.6) is 0 Å². The molecule has 2 aromatic rings. The summed E-state index contributed by atoms with van der Waals surface area (Å²) in [5.41, 5.74) is 1.58. The summed E-state index contributed by atoms with van der Waals surface area (Å²) in [6.45, 7) is 1.87. The number of carbonyl (C=O) groups excluding carboxylic acids is 1. The highest BCUT2D eigenvalue weighted by atomic mass is 79.9. The Morgan fingerprint density at radius 2 is 2.11 bits per heavy atom. The first kappa shape index (κ1) is 13.7. The molecule has 1 aromatic carbocycles. The third kappa shape index (κ3) is 2.99. The molecule has 1 amide bonds. The summed E-state index contributed by atoms with van der Waals surface area (Å²) in [7, 11) is 0. The minimum absolute atomic E-state index is 0.0453. The summed E-state index contributed by atoms with van der Waals surface area (Å²) in [6, 6.07) is 8.24. The van der Waals surface area contributed by atoms with Gasteiger partial charge in [0, 0.05) is 16.2 Å². The summed E-state index contributed by atoms with van der Waals surface area (Å²) in [5, 5.41) is 13.3. The van der Waals surface area contributed by atoms with E-state index < -0.39 is 4.92 Å². The molecule has 0 aliphatic carbocycles. The van der Waals surface area contributed by atoms with Crippen molar-refractivity contribution in [2.24, 2.45) is 0 Å². The SMILES string of the molecule is Cc1c(Br)cccc1NC(=O)c1ccc([N+](=O)[O-])s1. The number of nitro groups is 1. The number of thiophene rings is 1. The molecule has 0 aliphatic heterocycles. The van der Waals surface area contributed by atoms with Gasteiger partial charge in [0.25, 0.3) is 5.91 Å². The molecule has 19 heavy (non-hydrogen) atoms. The quantitative estimate of drug-likeness (QED) is 0.678. The number of halogens is 1. The van der Waals surface area contributed by atoms with Crippen molar-refractivity contribution < 1.29 is 9.72 Å². The van der Waals surface area contributed by atoms with E-state index in [2.05, 4.69) is 21.2 Å². The fraction of sp³-hybridized carbons (Fsp3) is 0.0833. The van der Waals surface area contributed by atoms with Crippen LogP contribution in [0, 0.1) is 17.0 Å². The van der Waals surface area contributed by atoms with Crippen molar-refractivity contribution in [2.75, 3.05) is 5.32 Å². The van der Waals surface area contributed by atoms with Gasteiger partial charge in [0.1, 0.15) is 0 Å². The Labute approximate surface area is 121 Å². The standard InChI is InChI=1S/C12H9BrN2O3S/c1-7-8(13)3-2-4-9(7)14-12(16)10-5-6-11(19-10)15(17)18/h2-6H,1H3,(H,14,16). The topological polar surface area (TPSA) is 72.2 Å². The zero-order chi connectivity index (χ0) is 14.0. The van der Waals surface area contributed by atoms with Gasteiger partial charge in [-0.2, -0.15) is 0 Å². The van der Waals surface area contributed by atoms with E-state index in [0.717, 1.165) is 21.4 Å². The normalized spacial score (nSPS) is 10.2. The van der Waals surface area contributed by atoms with Crippen molar-refractivity contribution in [2.45, 2.75) is 6.92 Å². The molecule has 0 spiro atoms. The largest absolute Gasteiger partial charge is 0.324 e. The molecule has 1 aromatic heterocycles. The molecule has 0 unspecified atom stereocenters. The van der Waals surface area contributed by atoms with Crippen LogP contribution in [0.2, 0.25) is 0 Å². The average molecular weight is 341 g/mol. The van der Waals surface area contributed by atoms with Gasteiger partial charge in [-0.15, -0.1) is 0 Å². The number of nitrogens with one attached hydrogen (secondary N) is 1. The predicted octanol–water partition coefficient (Wildman–Crippen LogP) is 3.98. The molecule has 98 valence electrons. The minimum atomic E-state index is -0.508. The van der Waals surface area contributed by atoms with Crippen LogP contribution >= 0.6 is 27.3 Å². The number of hydrogen-bond donors (Lipinski definition) is 1. The number of nitrogens with zero attached hydrogens (tertiary/aromatic N) is 1. The highest BCUT2D eigenvalue weighted by Gasteiger charge is 2.16. The van der Waals surface area contributed by atoms with Gasteiger partial charge in [0.05, 0.1) is 9.80 Å². The van der Waals surface area contributed by atoms with Gasteiger partial charge in [0.15, 0.2) is 0 Å². The van der Waals surface area contributed by atoms with Crippen molar-refractivity contribution in [3.63, 3.8) is 0 Å². The van der Waals surface area contributed by atoms with E-state index in [1.54, 1.807) is 6.07 Å². The minimum Gasteiger partial charge on any atom is -0.321 e. The first-order chi connectivity index (χ1) is 8.99. The molecule has 5 nitrogen and oxygen atoms in total. The smallest absolute Gasteiger partial charge is 0.321 e. The van der Waals surface area contributed by atoms with E-state index >= 15 is 0 Å². The lowest BCUT2D eigenvalue weighted by atomic mass is 10.2. The van der Waals surface area contributed by atoms with Crippen molar-refractivity contribution in [3.05, 3.63) is 55.4 Å². The van der Waals surface area contributed by atoms with E-state index in [1.807, 2.05) is 19.1 Å². The Bertz CT molecular complexity index is 654. The molecule has 0 atom stereocenters. The van der Waals surface area contributed by atoms with Gasteiger partial charge < -0.3 is 5.32 Å². The first-order valence-corrected chi connectivity index (χ1v) is 6.90. The third-order valence-corrected chi connectivity index (χ3v) is 4.41. The van der Waals surface area contributed by atoms with Crippen molar-refractivity contribution in [3.8, 4) is 0 Å². The highest BCUT2D eigenvalue weighted by molar-refractivity contribution is 9.10. The Kier molecular flexibility index (Phi) is 3.96. The molecule has 0 aliphatic rings. The second kappa shape index (κ2) is 5.50. The first-order valence-electron chi connectivity index (χ1n) is 5.29. The van der Waals surface area contributed by atoms with Crippen LogP contribution in [0.3, 0.4) is 0 Å². The summed E-state index contributed by atoms with van der Waals surface area (Å²) in [6.07, 6.45) is 0. The molecular formula is C12H9BrN2O3S. The van der Waals surface area contributed by atoms with Crippen LogP contribution < -0.4 is 5.32 Å². The van der Waals surface area contributed by atoms with Crippen LogP contribution in [0.25, 0.3) is 0 Å². The Balaban J connectivity index is 2.21. The van der Waals surface area contributed by atoms with Crippen molar-refractivity contribution >= 4 is 43.9 Å². The Morgan fingerprint density at radius 3 is 2.74 bits per heavy atom. The molecule has 0 saturated carbocycles. The van der Waals surface area contributed by atoms with Gasteiger partial charge in [-0.05, 0) is 30.7 Å². The van der Waals surface area contributed by atoms with Crippen molar-refractivity contribution in [1.82, 2.24) is 0 Å². The number of anilines is 1. The molecule has 0 radical (unpaired) electrons. The molecule has 1 N–H and O–H groups in total. The third-order valence-electron chi connectivity index (χ3n) is 2.51. The van der Waals surface area contributed by atoms with Crippen LogP contribution in [-0.4, -0.2) is 10.8 Å². The predicted molar refractivity (Wildman–Crippen MR) is 77.8 cm³/mol. The maximum absolute atomic E-state index is 12.0. The van der Waals surface area contributed by atoms with Crippen LogP contribution in [0.1, 0.15) is 15.2 Å². The Hall–Kier alpha value is -1.73. The maximum Gasteiger partial charge on any atom is 0.324 e. The van der Waals surface area contributed by atoms with Crippen LogP contribution in [0.4, 0.5) is 10.7 Å². The number of amides is 1. The van der Waals surface area contributed by atoms with Gasteiger partial charge >= 0.3 is 5.00 Å². The van der Waals surface area contributed by atoms with Gasteiger partial charge in [-0.25, -0.2) is 0 Å². The molecular weight excluding hydrogens is 332 g/mol. The van der Waals surface area contributed by atoms with Crippen LogP contribution in [0.15, 0.2) is 34.8 Å². The summed E-state index contributed by atoms with van der Waals surface area (Å²) in [4.78, 5) is 22.3. The zero-order valence-corrected chi connectivity index (χ0v) is 12.2.